The minimum absolute atomic E-state index is 0.557. The Kier molecular flexibility index (Phi) is 3.73. The average molecular weight is 389 g/mol. The molecule has 0 spiro atoms. The Morgan fingerprint density at radius 3 is 2.72 bits per heavy atom. The molecule has 6 rings (SSSR count). The number of hydrogen-bond acceptors (Lipinski definition) is 6. The third-order valence-corrected chi connectivity index (χ3v) is 6.06. The lowest BCUT2D eigenvalue weighted by molar-refractivity contribution is 0.338. The highest BCUT2D eigenvalue weighted by Crippen LogP contribution is 2.31. The summed E-state index contributed by atoms with van der Waals surface area (Å²) in [4.78, 5) is 7.27. The van der Waals surface area contributed by atoms with Gasteiger partial charge < -0.3 is 15.0 Å². The minimum atomic E-state index is 0.557. The van der Waals surface area contributed by atoms with Gasteiger partial charge in [0, 0.05) is 25.2 Å². The summed E-state index contributed by atoms with van der Waals surface area (Å²) < 4.78 is 9.30. The number of aromatic nitrogens is 5. The largest absolute Gasteiger partial charge is 0.492 e. The van der Waals surface area contributed by atoms with Gasteiger partial charge in [-0.3, -0.25) is 0 Å². The standard InChI is InChI=1S/C21H23N7O/c1-2-29-17-6-7-19-18-12-24-28(21(18)25-26(19)13-17)16-5-8-20(23-11-16)27-14-3-4-15(27)10-22-9-14/h5-8,11-15,22H,2-4,9-10H2,1H3/t14-,15+. The Morgan fingerprint density at radius 2 is 1.97 bits per heavy atom. The number of ether oxygens (including phenoxy) is 1. The summed E-state index contributed by atoms with van der Waals surface area (Å²) in [6.45, 7) is 4.70. The van der Waals surface area contributed by atoms with E-state index in [9.17, 15) is 0 Å². The van der Waals surface area contributed by atoms with Crippen LogP contribution in [-0.4, -0.2) is 56.2 Å². The predicted molar refractivity (Wildman–Crippen MR) is 111 cm³/mol. The van der Waals surface area contributed by atoms with Crippen molar-refractivity contribution in [3.05, 3.63) is 42.9 Å². The van der Waals surface area contributed by atoms with Gasteiger partial charge in [0.25, 0.3) is 0 Å². The summed E-state index contributed by atoms with van der Waals surface area (Å²) in [5, 5.41) is 13.8. The summed E-state index contributed by atoms with van der Waals surface area (Å²) in [6.07, 6.45) is 8.16. The third kappa shape index (κ3) is 2.59. The molecule has 0 radical (unpaired) electrons. The molecule has 8 nitrogen and oxygen atoms in total. The van der Waals surface area contributed by atoms with Crippen molar-refractivity contribution in [2.24, 2.45) is 0 Å². The molecule has 4 aromatic heterocycles. The van der Waals surface area contributed by atoms with Gasteiger partial charge in [-0.15, -0.1) is 5.10 Å². The molecule has 0 saturated carbocycles. The van der Waals surface area contributed by atoms with E-state index >= 15 is 0 Å². The van der Waals surface area contributed by atoms with E-state index in [1.807, 2.05) is 46.8 Å². The zero-order chi connectivity index (χ0) is 19.4. The Labute approximate surface area is 168 Å². The average Bonchev–Trinajstić information content (AvgIpc) is 3.38. The van der Waals surface area contributed by atoms with Gasteiger partial charge in [-0.25, -0.2) is 14.2 Å². The van der Waals surface area contributed by atoms with Crippen molar-refractivity contribution in [2.45, 2.75) is 31.8 Å². The molecular weight excluding hydrogens is 366 g/mol. The highest BCUT2D eigenvalue weighted by Gasteiger charge is 2.37. The number of anilines is 1. The number of piperazine rings is 1. The first-order valence-electron chi connectivity index (χ1n) is 10.3. The number of nitrogens with zero attached hydrogens (tertiary/aromatic N) is 6. The van der Waals surface area contributed by atoms with Gasteiger partial charge in [0.1, 0.15) is 11.6 Å². The van der Waals surface area contributed by atoms with Crippen LogP contribution in [-0.2, 0) is 0 Å². The van der Waals surface area contributed by atoms with Gasteiger partial charge in [-0.1, -0.05) is 0 Å². The molecule has 2 saturated heterocycles. The Balaban J connectivity index is 1.36. The van der Waals surface area contributed by atoms with E-state index in [1.165, 1.54) is 12.8 Å². The molecule has 29 heavy (non-hydrogen) atoms. The Bertz CT molecular complexity index is 1160. The van der Waals surface area contributed by atoms with Crippen molar-refractivity contribution < 1.29 is 4.74 Å². The highest BCUT2D eigenvalue weighted by molar-refractivity contribution is 5.92. The van der Waals surface area contributed by atoms with Crippen molar-refractivity contribution in [3.63, 3.8) is 0 Å². The van der Waals surface area contributed by atoms with Gasteiger partial charge in [0.15, 0.2) is 5.65 Å². The van der Waals surface area contributed by atoms with E-state index < -0.39 is 0 Å². The van der Waals surface area contributed by atoms with Crippen LogP contribution in [0.3, 0.4) is 0 Å². The van der Waals surface area contributed by atoms with E-state index in [0.29, 0.717) is 18.7 Å². The van der Waals surface area contributed by atoms with E-state index in [-0.39, 0.29) is 0 Å². The maximum atomic E-state index is 5.59. The molecule has 2 atom stereocenters. The lowest BCUT2D eigenvalue weighted by atomic mass is 10.2. The number of hydrogen-bond donors (Lipinski definition) is 1. The van der Waals surface area contributed by atoms with Crippen LogP contribution in [0.15, 0.2) is 42.9 Å². The summed E-state index contributed by atoms with van der Waals surface area (Å²) in [7, 11) is 0. The maximum Gasteiger partial charge on any atom is 0.185 e. The van der Waals surface area contributed by atoms with Crippen molar-refractivity contribution in [1.82, 2.24) is 29.7 Å². The molecule has 0 aromatic carbocycles. The molecule has 6 heterocycles. The fraction of sp³-hybridized carbons (Fsp3) is 0.381. The van der Waals surface area contributed by atoms with Crippen LogP contribution in [0.5, 0.6) is 5.75 Å². The van der Waals surface area contributed by atoms with E-state index in [1.54, 1.807) is 0 Å². The van der Waals surface area contributed by atoms with Crippen LogP contribution < -0.4 is 15.0 Å². The van der Waals surface area contributed by atoms with Crippen molar-refractivity contribution in [1.29, 1.82) is 0 Å². The lowest BCUT2D eigenvalue weighted by Crippen LogP contribution is -2.52. The monoisotopic (exact) mass is 389 g/mol. The fourth-order valence-electron chi connectivity index (χ4n) is 4.74. The van der Waals surface area contributed by atoms with Gasteiger partial charge in [-0.2, -0.15) is 5.10 Å². The summed E-state index contributed by atoms with van der Waals surface area (Å²) >= 11 is 0. The van der Waals surface area contributed by atoms with Crippen molar-refractivity contribution >= 4 is 22.4 Å². The second-order valence-electron chi connectivity index (χ2n) is 7.75. The Morgan fingerprint density at radius 1 is 1.10 bits per heavy atom. The normalized spacial score (nSPS) is 21.3. The van der Waals surface area contributed by atoms with Crippen molar-refractivity contribution in [3.8, 4) is 11.4 Å². The molecule has 0 amide bonds. The minimum Gasteiger partial charge on any atom is -0.492 e. The molecule has 0 unspecified atom stereocenters. The number of fused-ring (bicyclic) bond motifs is 5. The van der Waals surface area contributed by atoms with Crippen LogP contribution in [0.25, 0.3) is 22.2 Å². The first-order chi connectivity index (χ1) is 14.3. The van der Waals surface area contributed by atoms with Crippen LogP contribution in [0.4, 0.5) is 5.82 Å². The molecule has 4 aromatic rings. The topological polar surface area (TPSA) is 72.5 Å². The van der Waals surface area contributed by atoms with E-state index in [4.69, 9.17) is 14.8 Å². The van der Waals surface area contributed by atoms with Crippen LogP contribution in [0, 0.1) is 0 Å². The molecular formula is C21H23N7O. The molecule has 2 bridgehead atoms. The first-order valence-corrected chi connectivity index (χ1v) is 10.3. The highest BCUT2D eigenvalue weighted by atomic mass is 16.5. The molecule has 2 aliphatic heterocycles. The van der Waals surface area contributed by atoms with Crippen LogP contribution in [0.2, 0.25) is 0 Å². The first kappa shape index (κ1) is 16.8. The number of pyridine rings is 2. The van der Waals surface area contributed by atoms with Crippen LogP contribution in [0.1, 0.15) is 19.8 Å². The molecule has 0 aliphatic carbocycles. The molecule has 2 fully saturated rings. The SMILES string of the molecule is CCOc1ccc2c3cnn(-c4ccc(N5[C@@H]6CC[C@H]5CNC6)nc4)c3nn2c1. The second-order valence-corrected chi connectivity index (χ2v) is 7.75. The summed E-state index contributed by atoms with van der Waals surface area (Å²) in [5.74, 6) is 1.86. The lowest BCUT2D eigenvalue weighted by Gasteiger charge is -2.36. The smallest absolute Gasteiger partial charge is 0.185 e. The summed E-state index contributed by atoms with van der Waals surface area (Å²) in [5.41, 5.74) is 2.74. The molecule has 8 heteroatoms. The Hall–Kier alpha value is -3.13. The predicted octanol–water partition coefficient (Wildman–Crippen LogP) is 2.41. The van der Waals surface area contributed by atoms with Gasteiger partial charge in [0.2, 0.25) is 0 Å². The maximum absolute atomic E-state index is 5.59. The van der Waals surface area contributed by atoms with Gasteiger partial charge in [-0.05, 0) is 44.0 Å². The van der Waals surface area contributed by atoms with Gasteiger partial charge >= 0.3 is 0 Å². The third-order valence-electron chi connectivity index (χ3n) is 6.06. The molecule has 148 valence electrons. The van der Waals surface area contributed by atoms with E-state index in [2.05, 4.69) is 27.4 Å². The van der Waals surface area contributed by atoms with Gasteiger partial charge in [0.05, 0.1) is 41.8 Å². The zero-order valence-electron chi connectivity index (χ0n) is 16.3. The van der Waals surface area contributed by atoms with Crippen molar-refractivity contribution in [2.75, 3.05) is 24.6 Å². The van der Waals surface area contributed by atoms with E-state index in [0.717, 1.165) is 46.9 Å². The molecule has 2 aliphatic rings. The number of rotatable bonds is 4. The van der Waals surface area contributed by atoms with Crippen LogP contribution >= 0.6 is 0 Å². The molecule has 1 N–H and O–H groups in total. The second kappa shape index (κ2) is 6.45. The quantitative estimate of drug-likeness (QED) is 0.578. The number of nitrogens with one attached hydrogen (secondary N) is 1. The summed E-state index contributed by atoms with van der Waals surface area (Å²) in [6, 6.07) is 9.31. The fourth-order valence-corrected chi connectivity index (χ4v) is 4.74. The zero-order valence-corrected chi connectivity index (χ0v) is 16.3.